The van der Waals surface area contributed by atoms with Gasteiger partial charge in [-0.2, -0.15) is 13.2 Å². The number of alkyl halides is 3. The van der Waals surface area contributed by atoms with E-state index >= 15 is 0 Å². The van der Waals surface area contributed by atoms with Gasteiger partial charge in [0.25, 0.3) is 0 Å². The van der Waals surface area contributed by atoms with Gasteiger partial charge in [0.15, 0.2) is 0 Å². The van der Waals surface area contributed by atoms with Crippen molar-refractivity contribution in [3.8, 4) is 0 Å². The van der Waals surface area contributed by atoms with Crippen molar-refractivity contribution in [1.82, 2.24) is 10.2 Å². The van der Waals surface area contributed by atoms with Crippen molar-refractivity contribution in [3.63, 3.8) is 0 Å². The number of nitrogens with one attached hydrogen (secondary N) is 1. The van der Waals surface area contributed by atoms with Crippen molar-refractivity contribution in [2.24, 2.45) is 0 Å². The molecule has 0 radical (unpaired) electrons. The molecule has 0 aromatic heterocycles. The highest BCUT2D eigenvalue weighted by Gasteiger charge is 2.35. The predicted octanol–water partition coefficient (Wildman–Crippen LogP) is 4.63. The smallest absolute Gasteiger partial charge is 0.314 e. The number of rotatable bonds is 3. The van der Waals surface area contributed by atoms with Gasteiger partial charge >= 0.3 is 6.18 Å². The lowest BCUT2D eigenvalue weighted by Crippen LogP contribution is -2.45. The number of nitrogens with zero attached hydrogens (tertiary/aromatic N) is 1. The van der Waals surface area contributed by atoms with Crippen molar-refractivity contribution in [2.45, 2.75) is 12.2 Å². The van der Waals surface area contributed by atoms with Crippen molar-refractivity contribution in [1.29, 1.82) is 0 Å². The highest BCUT2D eigenvalue weighted by Crippen LogP contribution is 2.39. The fraction of sp³-hybridized carbons (Fsp3) is 0.333. The molecular weight excluding hydrogens is 375 g/mol. The molecule has 1 aliphatic heterocycles. The molecular formula is C18H16ClF5N2. The first-order valence-corrected chi connectivity index (χ1v) is 8.41. The summed E-state index contributed by atoms with van der Waals surface area (Å²) in [6.45, 7) is 2.29. The van der Waals surface area contributed by atoms with Crippen LogP contribution >= 0.6 is 11.6 Å². The first kappa shape index (κ1) is 19.1. The zero-order valence-electron chi connectivity index (χ0n) is 13.6. The lowest BCUT2D eigenvalue weighted by molar-refractivity contribution is -0.137. The number of piperazine rings is 1. The van der Waals surface area contributed by atoms with E-state index < -0.39 is 34.4 Å². The molecule has 1 fully saturated rings. The summed E-state index contributed by atoms with van der Waals surface area (Å²) < 4.78 is 67.4. The highest BCUT2D eigenvalue weighted by molar-refractivity contribution is 6.31. The average Bonchev–Trinajstić information content (AvgIpc) is 2.58. The molecule has 0 spiro atoms. The minimum absolute atomic E-state index is 0.128. The highest BCUT2D eigenvalue weighted by atomic mass is 35.5. The molecule has 140 valence electrons. The van der Waals surface area contributed by atoms with Gasteiger partial charge in [-0.3, -0.25) is 4.90 Å². The van der Waals surface area contributed by atoms with Gasteiger partial charge in [-0.05, 0) is 23.8 Å². The first-order valence-electron chi connectivity index (χ1n) is 8.04. The molecule has 1 saturated heterocycles. The fourth-order valence-electron chi connectivity index (χ4n) is 3.18. The van der Waals surface area contributed by atoms with E-state index in [1.807, 2.05) is 4.90 Å². The maximum absolute atomic E-state index is 14.4. The van der Waals surface area contributed by atoms with Crippen LogP contribution in [-0.2, 0) is 6.18 Å². The van der Waals surface area contributed by atoms with Gasteiger partial charge in [0, 0.05) is 37.8 Å². The average molecular weight is 391 g/mol. The van der Waals surface area contributed by atoms with Gasteiger partial charge in [0.1, 0.15) is 11.6 Å². The van der Waals surface area contributed by atoms with Crippen LogP contribution in [0.25, 0.3) is 0 Å². The summed E-state index contributed by atoms with van der Waals surface area (Å²) in [5, 5.41) is 2.73. The molecule has 0 bridgehead atoms. The van der Waals surface area contributed by atoms with Gasteiger partial charge in [-0.15, -0.1) is 0 Å². The Morgan fingerprint density at radius 1 is 1.00 bits per heavy atom. The van der Waals surface area contributed by atoms with Crippen LogP contribution in [0.3, 0.4) is 0 Å². The molecule has 2 aromatic rings. The number of hydrogen-bond acceptors (Lipinski definition) is 2. The van der Waals surface area contributed by atoms with Crippen LogP contribution in [0, 0.1) is 11.6 Å². The topological polar surface area (TPSA) is 15.3 Å². The molecule has 26 heavy (non-hydrogen) atoms. The molecule has 8 heteroatoms. The molecule has 3 rings (SSSR count). The second-order valence-corrected chi connectivity index (χ2v) is 6.50. The monoisotopic (exact) mass is 390 g/mol. The summed E-state index contributed by atoms with van der Waals surface area (Å²) in [5.41, 5.74) is -0.586. The lowest BCUT2D eigenvalue weighted by Gasteiger charge is -2.36. The second-order valence-electron chi connectivity index (χ2n) is 6.09. The third kappa shape index (κ3) is 4.00. The van der Waals surface area contributed by atoms with E-state index in [4.69, 9.17) is 11.6 Å². The van der Waals surface area contributed by atoms with E-state index in [-0.39, 0.29) is 11.1 Å². The third-order valence-corrected chi connectivity index (χ3v) is 4.71. The summed E-state index contributed by atoms with van der Waals surface area (Å²) in [7, 11) is 0. The minimum atomic E-state index is -4.62. The van der Waals surface area contributed by atoms with E-state index in [0.717, 1.165) is 24.3 Å². The third-order valence-electron chi connectivity index (χ3n) is 4.39. The molecule has 0 saturated carbocycles. The van der Waals surface area contributed by atoms with Crippen LogP contribution in [0.2, 0.25) is 5.02 Å². The number of benzene rings is 2. The fourth-order valence-corrected chi connectivity index (χ4v) is 3.41. The lowest BCUT2D eigenvalue weighted by atomic mass is 9.94. The van der Waals surface area contributed by atoms with Crippen LogP contribution < -0.4 is 5.32 Å². The Morgan fingerprint density at radius 2 is 1.69 bits per heavy atom. The van der Waals surface area contributed by atoms with Crippen LogP contribution in [-0.4, -0.2) is 31.1 Å². The van der Waals surface area contributed by atoms with Crippen LogP contribution in [0.15, 0.2) is 36.4 Å². The minimum Gasteiger partial charge on any atom is -0.314 e. The van der Waals surface area contributed by atoms with E-state index in [1.54, 1.807) is 0 Å². The van der Waals surface area contributed by atoms with Crippen LogP contribution in [0.5, 0.6) is 0 Å². The summed E-state index contributed by atoms with van der Waals surface area (Å²) in [4.78, 5) is 1.87. The largest absolute Gasteiger partial charge is 0.417 e. The maximum Gasteiger partial charge on any atom is 0.417 e. The quantitative estimate of drug-likeness (QED) is 0.769. The SMILES string of the molecule is Fc1ccc(C(c2ccc(Cl)c(C(F)(F)F)c2)N2CCNCC2)c(F)c1. The summed E-state index contributed by atoms with van der Waals surface area (Å²) >= 11 is 5.70. The zero-order chi connectivity index (χ0) is 18.9. The Morgan fingerprint density at radius 3 is 2.31 bits per heavy atom. The summed E-state index contributed by atoms with van der Waals surface area (Å²) in [5.74, 6) is -1.53. The zero-order valence-corrected chi connectivity index (χ0v) is 14.3. The molecule has 2 aromatic carbocycles. The van der Waals surface area contributed by atoms with Gasteiger partial charge in [-0.25, -0.2) is 8.78 Å². The number of halogens is 6. The van der Waals surface area contributed by atoms with Crippen LogP contribution in [0.1, 0.15) is 22.7 Å². The van der Waals surface area contributed by atoms with Crippen molar-refractivity contribution in [3.05, 3.63) is 69.7 Å². The first-order chi connectivity index (χ1) is 12.3. The van der Waals surface area contributed by atoms with Crippen molar-refractivity contribution < 1.29 is 22.0 Å². The van der Waals surface area contributed by atoms with Gasteiger partial charge < -0.3 is 5.32 Å². The summed E-state index contributed by atoms with van der Waals surface area (Å²) in [6, 6.07) is 5.91. The maximum atomic E-state index is 14.4. The number of hydrogen-bond donors (Lipinski definition) is 1. The molecule has 2 nitrogen and oxygen atoms in total. The van der Waals surface area contributed by atoms with Crippen LogP contribution in [0.4, 0.5) is 22.0 Å². The molecule has 1 N–H and O–H groups in total. The Hall–Kier alpha value is -1.70. The Balaban J connectivity index is 2.12. The summed E-state index contributed by atoms with van der Waals surface area (Å²) in [6.07, 6.45) is -4.62. The van der Waals surface area contributed by atoms with Gasteiger partial charge in [0.2, 0.25) is 0 Å². The van der Waals surface area contributed by atoms with Crippen molar-refractivity contribution >= 4 is 11.6 Å². The Labute approximate surface area is 152 Å². The molecule has 0 amide bonds. The predicted molar refractivity (Wildman–Crippen MR) is 89.1 cm³/mol. The second kappa shape index (κ2) is 7.50. The Kier molecular flexibility index (Phi) is 5.50. The normalized spacial score (nSPS) is 17.3. The van der Waals surface area contributed by atoms with E-state index in [0.29, 0.717) is 26.2 Å². The van der Waals surface area contributed by atoms with E-state index in [1.165, 1.54) is 12.1 Å². The molecule has 1 atom stereocenters. The van der Waals surface area contributed by atoms with Gasteiger partial charge in [0.05, 0.1) is 16.6 Å². The molecule has 1 aliphatic rings. The standard InChI is InChI=1S/C18H16ClF5N2/c19-15-4-1-11(9-14(15)18(22,23)24)17(26-7-5-25-6-8-26)13-3-2-12(20)10-16(13)21/h1-4,9-10,17,25H,5-8H2. The molecule has 1 unspecified atom stereocenters. The van der Waals surface area contributed by atoms with E-state index in [2.05, 4.69) is 5.32 Å². The Bertz CT molecular complexity index is 788. The van der Waals surface area contributed by atoms with Crippen molar-refractivity contribution in [2.75, 3.05) is 26.2 Å². The van der Waals surface area contributed by atoms with E-state index in [9.17, 15) is 22.0 Å². The molecule has 1 heterocycles. The molecule has 0 aliphatic carbocycles. The van der Waals surface area contributed by atoms with Gasteiger partial charge in [-0.1, -0.05) is 23.7 Å².